The second-order valence-corrected chi connectivity index (χ2v) is 14.3. The standard InChI is InChI=1S/C46H34N4/c1-46(2,3)39-22-24-48-45-36(39)19-17-31-25-38-34-14-8-9-15-40(34)49(43(38)28-37(31)45)32-18-20-35-33-13-7-10-16-41(33)50(42(35)27-32)44-26-30(21-23-47-44)29-11-5-4-6-12-29/h4-28H,1-3H3. The highest BCUT2D eigenvalue weighted by Crippen LogP contribution is 2.40. The second kappa shape index (κ2) is 10.6. The van der Waals surface area contributed by atoms with Crippen molar-refractivity contribution >= 4 is 65.3 Å². The van der Waals surface area contributed by atoms with Gasteiger partial charge in [0.25, 0.3) is 0 Å². The monoisotopic (exact) mass is 642 g/mol. The number of aromatic nitrogens is 4. The van der Waals surface area contributed by atoms with Crippen LogP contribution in [0.3, 0.4) is 0 Å². The molecule has 0 bridgehead atoms. The predicted molar refractivity (Wildman–Crippen MR) is 210 cm³/mol. The van der Waals surface area contributed by atoms with Gasteiger partial charge in [0, 0.05) is 50.4 Å². The van der Waals surface area contributed by atoms with E-state index in [1.165, 1.54) is 59.9 Å². The molecular formula is C46H34N4. The van der Waals surface area contributed by atoms with Gasteiger partial charge in [-0.3, -0.25) is 9.55 Å². The largest absolute Gasteiger partial charge is 0.309 e. The Kier molecular flexibility index (Phi) is 6.10. The van der Waals surface area contributed by atoms with Gasteiger partial charge in [0.2, 0.25) is 0 Å². The van der Waals surface area contributed by atoms with Gasteiger partial charge in [-0.2, -0.15) is 0 Å². The number of fused-ring (bicyclic) bond motifs is 9. The van der Waals surface area contributed by atoms with Crippen molar-refractivity contribution in [1.29, 1.82) is 0 Å². The molecule has 0 aliphatic rings. The van der Waals surface area contributed by atoms with E-state index in [1.807, 2.05) is 12.4 Å². The predicted octanol–water partition coefficient (Wildman–Crippen LogP) is 11.9. The fraction of sp³-hybridized carbons (Fsp3) is 0.0870. The van der Waals surface area contributed by atoms with Gasteiger partial charge in [-0.15, -0.1) is 0 Å². The minimum absolute atomic E-state index is 0.0111. The maximum atomic E-state index is 4.97. The normalized spacial score (nSPS) is 12.3. The Labute approximate surface area is 289 Å². The summed E-state index contributed by atoms with van der Waals surface area (Å²) >= 11 is 0. The van der Waals surface area contributed by atoms with Crippen LogP contribution in [0.2, 0.25) is 0 Å². The Morgan fingerprint density at radius 1 is 0.440 bits per heavy atom. The molecule has 0 aliphatic carbocycles. The first-order valence-corrected chi connectivity index (χ1v) is 17.2. The van der Waals surface area contributed by atoms with Gasteiger partial charge in [-0.1, -0.05) is 106 Å². The molecule has 0 amide bonds. The number of pyridine rings is 2. The van der Waals surface area contributed by atoms with E-state index in [4.69, 9.17) is 9.97 Å². The fourth-order valence-corrected chi connectivity index (χ4v) is 8.03. The number of hydrogen-bond donors (Lipinski definition) is 0. The zero-order valence-corrected chi connectivity index (χ0v) is 28.2. The topological polar surface area (TPSA) is 35.6 Å². The molecule has 4 heterocycles. The number of benzene rings is 6. The number of para-hydroxylation sites is 2. The van der Waals surface area contributed by atoms with Crippen LogP contribution in [0, 0.1) is 0 Å². The van der Waals surface area contributed by atoms with Crippen LogP contribution in [0.25, 0.3) is 87.9 Å². The lowest BCUT2D eigenvalue weighted by molar-refractivity contribution is 0.595. The summed E-state index contributed by atoms with van der Waals surface area (Å²) in [5, 5.41) is 8.46. The quantitative estimate of drug-likeness (QED) is 0.180. The molecule has 4 heteroatoms. The lowest BCUT2D eigenvalue weighted by Gasteiger charge is -2.21. The van der Waals surface area contributed by atoms with Crippen LogP contribution in [-0.2, 0) is 5.41 Å². The summed E-state index contributed by atoms with van der Waals surface area (Å²) in [7, 11) is 0. The van der Waals surface area contributed by atoms with Crippen LogP contribution >= 0.6 is 0 Å². The van der Waals surface area contributed by atoms with E-state index < -0.39 is 0 Å². The smallest absolute Gasteiger partial charge is 0.138 e. The number of rotatable bonds is 3. The van der Waals surface area contributed by atoms with E-state index in [0.29, 0.717) is 0 Å². The summed E-state index contributed by atoms with van der Waals surface area (Å²) in [5.74, 6) is 0.898. The highest BCUT2D eigenvalue weighted by Gasteiger charge is 2.21. The third kappa shape index (κ3) is 4.25. The average molecular weight is 643 g/mol. The Hall–Kier alpha value is -6.26. The molecule has 0 saturated carbocycles. The molecule has 6 aromatic carbocycles. The summed E-state index contributed by atoms with van der Waals surface area (Å²) in [6.45, 7) is 6.82. The summed E-state index contributed by atoms with van der Waals surface area (Å²) in [5.41, 5.74) is 10.4. The molecule has 0 N–H and O–H groups in total. The molecule has 0 unspecified atom stereocenters. The van der Waals surface area contributed by atoms with E-state index in [2.05, 4.69) is 169 Å². The van der Waals surface area contributed by atoms with Crippen molar-refractivity contribution in [3.63, 3.8) is 0 Å². The van der Waals surface area contributed by atoms with Crippen molar-refractivity contribution in [3.8, 4) is 22.6 Å². The summed E-state index contributed by atoms with van der Waals surface area (Å²) in [6, 6.07) is 50.5. The fourth-order valence-electron chi connectivity index (χ4n) is 8.03. The minimum Gasteiger partial charge on any atom is -0.309 e. The van der Waals surface area contributed by atoms with Gasteiger partial charge in [-0.25, -0.2) is 4.98 Å². The SMILES string of the molecule is CC(C)(C)c1ccnc2c1ccc1cc3c4ccccc4n(-c4ccc5c6ccccc6n(-c6cc(-c7ccccc7)ccn6)c5c4)c3cc12. The molecule has 0 radical (unpaired) electrons. The molecule has 0 saturated heterocycles. The van der Waals surface area contributed by atoms with E-state index in [9.17, 15) is 0 Å². The van der Waals surface area contributed by atoms with Crippen LogP contribution < -0.4 is 0 Å². The van der Waals surface area contributed by atoms with E-state index in [-0.39, 0.29) is 5.41 Å². The second-order valence-electron chi connectivity index (χ2n) is 14.3. The first kappa shape index (κ1) is 28.7. The molecule has 50 heavy (non-hydrogen) atoms. The van der Waals surface area contributed by atoms with Gasteiger partial charge in [0.05, 0.1) is 27.6 Å². The summed E-state index contributed by atoms with van der Waals surface area (Å²) < 4.78 is 4.74. The lowest BCUT2D eigenvalue weighted by atomic mass is 9.84. The van der Waals surface area contributed by atoms with Crippen molar-refractivity contribution in [2.45, 2.75) is 26.2 Å². The molecule has 0 fully saturated rings. The van der Waals surface area contributed by atoms with Gasteiger partial charge in [-0.05, 0) is 82.1 Å². The van der Waals surface area contributed by atoms with Gasteiger partial charge in [0.1, 0.15) is 5.82 Å². The van der Waals surface area contributed by atoms with Crippen molar-refractivity contribution in [3.05, 3.63) is 157 Å². The minimum atomic E-state index is 0.0111. The third-order valence-corrected chi connectivity index (χ3v) is 10.3. The van der Waals surface area contributed by atoms with Crippen molar-refractivity contribution < 1.29 is 0 Å². The summed E-state index contributed by atoms with van der Waals surface area (Å²) in [4.78, 5) is 9.90. The van der Waals surface area contributed by atoms with Crippen molar-refractivity contribution in [2.24, 2.45) is 0 Å². The van der Waals surface area contributed by atoms with E-state index in [0.717, 1.165) is 33.6 Å². The zero-order chi connectivity index (χ0) is 33.6. The van der Waals surface area contributed by atoms with E-state index >= 15 is 0 Å². The maximum Gasteiger partial charge on any atom is 0.138 e. The maximum absolute atomic E-state index is 4.97. The lowest BCUT2D eigenvalue weighted by Crippen LogP contribution is -2.11. The summed E-state index contributed by atoms with van der Waals surface area (Å²) in [6.07, 6.45) is 3.89. The first-order chi connectivity index (χ1) is 24.4. The highest BCUT2D eigenvalue weighted by atomic mass is 15.1. The van der Waals surface area contributed by atoms with Gasteiger partial charge < -0.3 is 4.57 Å². The van der Waals surface area contributed by atoms with Gasteiger partial charge in [0.15, 0.2) is 0 Å². The van der Waals surface area contributed by atoms with Gasteiger partial charge >= 0.3 is 0 Å². The van der Waals surface area contributed by atoms with Crippen LogP contribution in [0.4, 0.5) is 0 Å². The van der Waals surface area contributed by atoms with Crippen LogP contribution in [0.15, 0.2) is 152 Å². The molecule has 0 spiro atoms. The molecule has 0 atom stereocenters. The number of nitrogens with zero attached hydrogens (tertiary/aromatic N) is 4. The average Bonchev–Trinajstić information content (AvgIpc) is 3.65. The van der Waals surface area contributed by atoms with E-state index in [1.54, 1.807) is 0 Å². The third-order valence-electron chi connectivity index (χ3n) is 10.3. The Morgan fingerprint density at radius 2 is 1.10 bits per heavy atom. The molecule has 0 aliphatic heterocycles. The van der Waals surface area contributed by atoms with Crippen LogP contribution in [-0.4, -0.2) is 19.1 Å². The molecule has 4 nitrogen and oxygen atoms in total. The van der Waals surface area contributed by atoms with Crippen molar-refractivity contribution in [2.75, 3.05) is 0 Å². The highest BCUT2D eigenvalue weighted by molar-refractivity contribution is 6.18. The van der Waals surface area contributed by atoms with Crippen LogP contribution in [0.5, 0.6) is 0 Å². The molecule has 10 aromatic rings. The Morgan fingerprint density at radius 3 is 1.90 bits per heavy atom. The Bertz CT molecular complexity index is 2960. The number of hydrogen-bond acceptors (Lipinski definition) is 2. The first-order valence-electron chi connectivity index (χ1n) is 17.2. The van der Waals surface area contributed by atoms with Crippen LogP contribution in [0.1, 0.15) is 26.3 Å². The molecule has 4 aromatic heterocycles. The molecular weight excluding hydrogens is 609 g/mol. The Balaban J connectivity index is 1.27. The zero-order valence-electron chi connectivity index (χ0n) is 28.2. The van der Waals surface area contributed by atoms with Crippen molar-refractivity contribution in [1.82, 2.24) is 19.1 Å². The molecule has 238 valence electrons. The molecule has 10 rings (SSSR count).